The molecule has 0 spiro atoms. The molecule has 4 nitrogen and oxygen atoms in total. The molecule has 0 aliphatic rings. The van der Waals surface area contributed by atoms with Crippen molar-refractivity contribution in [3.05, 3.63) is 0 Å². The van der Waals surface area contributed by atoms with Crippen molar-refractivity contribution in [2.75, 3.05) is 19.3 Å². The maximum atomic E-state index is 11.2. The lowest BCUT2D eigenvalue weighted by Gasteiger charge is -2.09. The molecule has 0 aromatic heterocycles. The van der Waals surface area contributed by atoms with E-state index in [4.69, 9.17) is 5.73 Å². The highest BCUT2D eigenvalue weighted by Gasteiger charge is 2.07. The Labute approximate surface area is 88.1 Å². The summed E-state index contributed by atoms with van der Waals surface area (Å²) < 4.78 is 11.0. The van der Waals surface area contributed by atoms with E-state index < -0.39 is 10.8 Å². The predicted molar refractivity (Wildman–Crippen MR) is 59.4 cm³/mol. The van der Waals surface area contributed by atoms with Crippen molar-refractivity contribution in [3.8, 4) is 0 Å². The van der Waals surface area contributed by atoms with E-state index in [2.05, 4.69) is 5.32 Å². The maximum Gasteiger partial charge on any atom is 0.220 e. The lowest BCUT2D eigenvalue weighted by Crippen LogP contribution is -2.32. The van der Waals surface area contributed by atoms with E-state index in [0.717, 1.165) is 12.8 Å². The summed E-state index contributed by atoms with van der Waals surface area (Å²) in [6.07, 6.45) is 3.86. The van der Waals surface area contributed by atoms with Crippen LogP contribution in [0.2, 0.25) is 0 Å². The number of nitrogens with one attached hydrogen (secondary N) is 1. The molecule has 0 aliphatic carbocycles. The minimum absolute atomic E-state index is 0.0217. The minimum atomic E-state index is -0.869. The molecule has 3 N–H and O–H groups in total. The highest BCUT2D eigenvalue weighted by Crippen LogP contribution is 1.94. The maximum absolute atomic E-state index is 11.2. The molecule has 2 unspecified atom stereocenters. The predicted octanol–water partition coefficient (Wildman–Crippen LogP) is -0.00140. The summed E-state index contributed by atoms with van der Waals surface area (Å²) >= 11 is 0. The highest BCUT2D eigenvalue weighted by atomic mass is 32.2. The van der Waals surface area contributed by atoms with Crippen LogP contribution in [0.15, 0.2) is 0 Å². The van der Waals surface area contributed by atoms with Crippen molar-refractivity contribution in [1.82, 2.24) is 5.32 Å². The van der Waals surface area contributed by atoms with E-state index >= 15 is 0 Å². The van der Waals surface area contributed by atoms with E-state index in [9.17, 15) is 9.00 Å². The van der Waals surface area contributed by atoms with Crippen molar-refractivity contribution < 1.29 is 9.00 Å². The Morgan fingerprint density at radius 1 is 1.50 bits per heavy atom. The molecule has 0 radical (unpaired) electrons. The summed E-state index contributed by atoms with van der Waals surface area (Å²) in [4.78, 5) is 11.2. The van der Waals surface area contributed by atoms with E-state index in [0.29, 0.717) is 19.5 Å². The second-order valence-electron chi connectivity index (χ2n) is 3.36. The number of amides is 1. The van der Waals surface area contributed by atoms with Gasteiger partial charge in [-0.15, -0.1) is 0 Å². The number of hydrogen-bond acceptors (Lipinski definition) is 3. The van der Waals surface area contributed by atoms with Gasteiger partial charge in [-0.3, -0.25) is 9.00 Å². The molecule has 84 valence electrons. The number of carbonyl (C=O) groups is 1. The molecule has 0 aliphatic heterocycles. The monoisotopic (exact) mass is 220 g/mol. The van der Waals surface area contributed by atoms with Gasteiger partial charge in [0.25, 0.3) is 0 Å². The van der Waals surface area contributed by atoms with Crippen LogP contribution in [0, 0.1) is 0 Å². The van der Waals surface area contributed by atoms with Crippen LogP contribution in [0.3, 0.4) is 0 Å². The van der Waals surface area contributed by atoms with Crippen molar-refractivity contribution in [3.63, 3.8) is 0 Å². The van der Waals surface area contributed by atoms with Crippen molar-refractivity contribution in [2.24, 2.45) is 5.73 Å². The van der Waals surface area contributed by atoms with Crippen LogP contribution >= 0.6 is 0 Å². The largest absolute Gasteiger partial charge is 0.355 e. The Balaban J connectivity index is 3.48. The fourth-order valence-electron chi connectivity index (χ4n) is 0.893. The molecular weight excluding hydrogens is 200 g/mol. The van der Waals surface area contributed by atoms with Crippen LogP contribution < -0.4 is 11.1 Å². The number of unbranched alkanes of at least 4 members (excludes halogenated alkanes) is 1. The molecule has 0 saturated heterocycles. The SMILES string of the molecule is CC(CNC(=O)CCCCN)S(C)=O. The average Bonchev–Trinajstić information content (AvgIpc) is 2.14. The van der Waals surface area contributed by atoms with Gasteiger partial charge in [0.1, 0.15) is 0 Å². The van der Waals surface area contributed by atoms with Gasteiger partial charge in [0.05, 0.1) is 0 Å². The van der Waals surface area contributed by atoms with Crippen LogP contribution in [0.4, 0.5) is 0 Å². The van der Waals surface area contributed by atoms with Gasteiger partial charge in [0.2, 0.25) is 5.91 Å². The summed E-state index contributed by atoms with van der Waals surface area (Å²) in [5.74, 6) is 0.0238. The smallest absolute Gasteiger partial charge is 0.220 e. The summed E-state index contributed by atoms with van der Waals surface area (Å²) in [5.41, 5.74) is 5.30. The fourth-order valence-corrected chi connectivity index (χ4v) is 1.21. The molecule has 0 aromatic rings. The molecule has 5 heteroatoms. The van der Waals surface area contributed by atoms with Gasteiger partial charge in [0, 0.05) is 35.3 Å². The van der Waals surface area contributed by atoms with E-state index in [-0.39, 0.29) is 11.2 Å². The standard InChI is InChI=1S/C9H20N2O2S/c1-8(14(2)13)7-11-9(12)5-3-4-6-10/h8H,3-7,10H2,1-2H3,(H,11,12). The zero-order chi connectivity index (χ0) is 11.0. The van der Waals surface area contributed by atoms with Gasteiger partial charge < -0.3 is 11.1 Å². The van der Waals surface area contributed by atoms with Crippen LogP contribution in [0.5, 0.6) is 0 Å². The summed E-state index contributed by atoms with van der Waals surface area (Å²) in [6, 6.07) is 0. The summed E-state index contributed by atoms with van der Waals surface area (Å²) in [7, 11) is -0.869. The third kappa shape index (κ3) is 7.03. The minimum Gasteiger partial charge on any atom is -0.355 e. The normalized spacial score (nSPS) is 14.8. The Hall–Kier alpha value is -0.420. The van der Waals surface area contributed by atoms with Crippen molar-refractivity contribution in [1.29, 1.82) is 0 Å². The Bertz CT molecular complexity index is 197. The Morgan fingerprint density at radius 2 is 2.14 bits per heavy atom. The highest BCUT2D eigenvalue weighted by molar-refractivity contribution is 7.84. The van der Waals surface area contributed by atoms with Crippen molar-refractivity contribution >= 4 is 16.7 Å². The molecule has 1 amide bonds. The molecule has 0 heterocycles. The molecule has 2 atom stereocenters. The number of carbonyl (C=O) groups excluding carboxylic acids is 1. The van der Waals surface area contributed by atoms with E-state index in [1.807, 2.05) is 6.92 Å². The molecule has 0 rings (SSSR count). The molecule has 0 aromatic carbocycles. The van der Waals surface area contributed by atoms with Crippen molar-refractivity contribution in [2.45, 2.75) is 31.4 Å². The lowest BCUT2D eigenvalue weighted by molar-refractivity contribution is -0.121. The number of nitrogens with two attached hydrogens (primary N) is 1. The van der Waals surface area contributed by atoms with Gasteiger partial charge in [0.15, 0.2) is 0 Å². The molecule has 0 fully saturated rings. The fraction of sp³-hybridized carbons (Fsp3) is 0.889. The first-order chi connectivity index (χ1) is 6.57. The first kappa shape index (κ1) is 13.6. The Morgan fingerprint density at radius 3 is 2.64 bits per heavy atom. The second-order valence-corrected chi connectivity index (χ2v) is 5.16. The summed E-state index contributed by atoms with van der Waals surface area (Å²) in [5, 5.41) is 2.77. The van der Waals surface area contributed by atoms with Gasteiger partial charge in [-0.05, 0) is 26.3 Å². The van der Waals surface area contributed by atoms with Crippen LogP contribution in [0.1, 0.15) is 26.2 Å². The van der Waals surface area contributed by atoms with Gasteiger partial charge in [-0.1, -0.05) is 0 Å². The van der Waals surface area contributed by atoms with Gasteiger partial charge in [-0.2, -0.15) is 0 Å². The van der Waals surface area contributed by atoms with E-state index in [1.54, 1.807) is 6.26 Å². The number of hydrogen-bond donors (Lipinski definition) is 2. The molecule has 14 heavy (non-hydrogen) atoms. The third-order valence-corrected chi connectivity index (χ3v) is 3.31. The van der Waals surface area contributed by atoms with Crippen LogP contribution in [0.25, 0.3) is 0 Å². The first-order valence-corrected chi connectivity index (χ1v) is 6.49. The first-order valence-electron chi connectivity index (χ1n) is 4.87. The summed E-state index contributed by atoms with van der Waals surface area (Å²) in [6.45, 7) is 2.98. The molecular formula is C9H20N2O2S. The number of rotatable bonds is 7. The van der Waals surface area contributed by atoms with E-state index in [1.165, 1.54) is 0 Å². The molecule has 0 saturated carbocycles. The zero-order valence-corrected chi connectivity index (χ0v) is 9.73. The average molecular weight is 220 g/mol. The lowest BCUT2D eigenvalue weighted by atomic mass is 10.2. The second kappa shape index (κ2) is 7.94. The Kier molecular flexibility index (Phi) is 7.70. The topological polar surface area (TPSA) is 72.2 Å². The van der Waals surface area contributed by atoms with Crippen LogP contribution in [-0.2, 0) is 15.6 Å². The molecule has 0 bridgehead atoms. The van der Waals surface area contributed by atoms with Gasteiger partial charge >= 0.3 is 0 Å². The zero-order valence-electron chi connectivity index (χ0n) is 8.91. The van der Waals surface area contributed by atoms with Gasteiger partial charge in [-0.25, -0.2) is 0 Å². The third-order valence-electron chi connectivity index (χ3n) is 2.01. The quantitative estimate of drug-likeness (QED) is 0.593. The van der Waals surface area contributed by atoms with Crippen LogP contribution in [-0.4, -0.2) is 34.7 Å².